The van der Waals surface area contributed by atoms with E-state index in [-0.39, 0.29) is 0 Å². The van der Waals surface area contributed by atoms with E-state index >= 15 is 0 Å². The van der Waals surface area contributed by atoms with E-state index in [4.69, 9.17) is 4.74 Å². The predicted octanol–water partition coefficient (Wildman–Crippen LogP) is 4.35. The lowest BCUT2D eigenvalue weighted by Crippen LogP contribution is -1.98. The normalized spacial score (nSPS) is 14.3. The Morgan fingerprint density at radius 2 is 2.22 bits per heavy atom. The molecule has 1 aliphatic carbocycles. The molecule has 1 fully saturated rings. The van der Waals surface area contributed by atoms with E-state index in [0.717, 1.165) is 45.9 Å². The summed E-state index contributed by atoms with van der Waals surface area (Å²) < 4.78 is 5.83. The number of H-pyrrole nitrogens is 1. The minimum absolute atomic E-state index is 0.764. The molecular weight excluding hydrogens is 306 g/mol. The van der Waals surface area contributed by atoms with Crippen LogP contribution in [0.5, 0.6) is 5.75 Å². The Hall–Kier alpha value is -2.01. The van der Waals surface area contributed by atoms with E-state index in [1.807, 2.05) is 30.5 Å². The summed E-state index contributed by atoms with van der Waals surface area (Å²) in [5, 5.41) is 0.921. The van der Waals surface area contributed by atoms with Gasteiger partial charge in [0.2, 0.25) is 0 Å². The smallest absolute Gasteiger partial charge is 0.166 e. The molecule has 0 unspecified atom stereocenters. The first kappa shape index (κ1) is 14.6. The lowest BCUT2D eigenvalue weighted by atomic mass is 10.2. The number of hydrogen-bond acceptors (Lipinski definition) is 4. The molecule has 0 bridgehead atoms. The van der Waals surface area contributed by atoms with Gasteiger partial charge in [-0.25, -0.2) is 4.98 Å². The number of aromatic nitrogens is 3. The lowest BCUT2D eigenvalue weighted by Gasteiger charge is -2.04. The van der Waals surface area contributed by atoms with Gasteiger partial charge >= 0.3 is 0 Å². The molecule has 0 amide bonds. The number of hydrogen-bond donors (Lipinski definition) is 1. The van der Waals surface area contributed by atoms with E-state index in [9.17, 15) is 0 Å². The summed E-state index contributed by atoms with van der Waals surface area (Å²) in [7, 11) is 0. The number of thioether (sulfide) groups is 1. The molecule has 0 atom stereocenters. The van der Waals surface area contributed by atoms with Gasteiger partial charge in [0.15, 0.2) is 5.16 Å². The molecule has 1 aromatic carbocycles. The van der Waals surface area contributed by atoms with Gasteiger partial charge in [-0.15, -0.1) is 0 Å². The van der Waals surface area contributed by atoms with Crippen LogP contribution in [-0.2, 0) is 5.75 Å². The lowest BCUT2D eigenvalue weighted by molar-refractivity contribution is 0.300. The van der Waals surface area contributed by atoms with Crippen LogP contribution in [0.3, 0.4) is 0 Å². The number of pyridine rings is 1. The number of aromatic amines is 1. The Labute approximate surface area is 139 Å². The summed E-state index contributed by atoms with van der Waals surface area (Å²) in [4.78, 5) is 12.4. The number of aryl methyl sites for hydroxylation is 1. The van der Waals surface area contributed by atoms with Crippen LogP contribution >= 0.6 is 11.8 Å². The summed E-state index contributed by atoms with van der Waals surface area (Å²) in [6.07, 6.45) is 4.45. The second kappa shape index (κ2) is 6.24. The van der Waals surface area contributed by atoms with Crippen molar-refractivity contribution in [3.63, 3.8) is 0 Å². The quantitative estimate of drug-likeness (QED) is 0.685. The summed E-state index contributed by atoms with van der Waals surface area (Å²) >= 11 is 1.68. The maximum absolute atomic E-state index is 5.83. The van der Waals surface area contributed by atoms with Gasteiger partial charge in [-0.3, -0.25) is 4.98 Å². The van der Waals surface area contributed by atoms with Crippen LogP contribution < -0.4 is 4.74 Å². The molecule has 1 saturated carbocycles. The molecule has 0 radical (unpaired) electrons. The third-order valence-corrected chi connectivity index (χ3v) is 4.96. The topological polar surface area (TPSA) is 50.8 Å². The van der Waals surface area contributed by atoms with Crippen molar-refractivity contribution in [1.82, 2.24) is 15.0 Å². The number of fused-ring (bicyclic) bond motifs is 1. The second-order valence-corrected chi connectivity index (χ2v) is 7.00. The molecule has 2 aromatic heterocycles. The van der Waals surface area contributed by atoms with Gasteiger partial charge in [0.1, 0.15) is 5.75 Å². The molecule has 5 heteroatoms. The van der Waals surface area contributed by atoms with Crippen molar-refractivity contribution in [3.8, 4) is 5.75 Å². The maximum atomic E-state index is 5.83. The highest BCUT2D eigenvalue weighted by Crippen LogP contribution is 2.30. The Bertz CT molecular complexity index is 826. The van der Waals surface area contributed by atoms with Crippen LogP contribution in [0.2, 0.25) is 0 Å². The van der Waals surface area contributed by atoms with Gasteiger partial charge in [0.25, 0.3) is 0 Å². The fraction of sp³-hybridized carbons (Fsp3) is 0.333. The standard InChI is InChI=1S/C18H19N3OS/c1-12-3-2-8-19-17(12)11-23-18-20-15-7-6-14(9-16(15)21-18)22-10-13-4-5-13/h2-3,6-9,13H,4-5,10-11H2,1H3,(H,20,21). The number of nitrogens with one attached hydrogen (secondary N) is 1. The Morgan fingerprint density at radius 3 is 3.04 bits per heavy atom. The minimum atomic E-state index is 0.764. The van der Waals surface area contributed by atoms with Gasteiger partial charge in [-0.2, -0.15) is 0 Å². The van der Waals surface area contributed by atoms with Gasteiger partial charge in [-0.05, 0) is 49.4 Å². The Balaban J connectivity index is 1.46. The molecular formula is C18H19N3OS. The first-order chi connectivity index (χ1) is 11.3. The van der Waals surface area contributed by atoms with Crippen molar-refractivity contribution < 1.29 is 4.74 Å². The van der Waals surface area contributed by atoms with E-state index in [1.165, 1.54) is 18.4 Å². The molecule has 1 aliphatic rings. The minimum Gasteiger partial charge on any atom is -0.493 e. The zero-order chi connectivity index (χ0) is 15.6. The van der Waals surface area contributed by atoms with Crippen molar-refractivity contribution in [3.05, 3.63) is 47.8 Å². The SMILES string of the molecule is Cc1cccnc1CSc1nc2ccc(OCC3CC3)cc2[nH]1. The molecule has 0 spiro atoms. The number of benzene rings is 1. The molecule has 0 aliphatic heterocycles. The number of ether oxygens (including phenoxy) is 1. The Morgan fingerprint density at radius 1 is 1.30 bits per heavy atom. The summed E-state index contributed by atoms with van der Waals surface area (Å²) in [5.41, 5.74) is 4.32. The summed E-state index contributed by atoms with van der Waals surface area (Å²) in [6.45, 7) is 2.92. The summed E-state index contributed by atoms with van der Waals surface area (Å²) in [5.74, 6) is 2.50. The average Bonchev–Trinajstić information content (AvgIpc) is 3.30. The van der Waals surface area contributed by atoms with Gasteiger partial charge in [0.05, 0.1) is 23.3 Å². The van der Waals surface area contributed by atoms with Crippen LogP contribution in [0, 0.1) is 12.8 Å². The van der Waals surface area contributed by atoms with Crippen molar-refractivity contribution in [1.29, 1.82) is 0 Å². The van der Waals surface area contributed by atoms with E-state index in [1.54, 1.807) is 11.8 Å². The Kier molecular flexibility index (Phi) is 3.95. The van der Waals surface area contributed by atoms with Crippen LogP contribution in [0.4, 0.5) is 0 Å². The molecule has 4 nitrogen and oxygen atoms in total. The van der Waals surface area contributed by atoms with E-state index in [2.05, 4.69) is 27.9 Å². The van der Waals surface area contributed by atoms with Crippen molar-refractivity contribution in [2.75, 3.05) is 6.61 Å². The van der Waals surface area contributed by atoms with Crippen LogP contribution in [0.25, 0.3) is 11.0 Å². The second-order valence-electron chi connectivity index (χ2n) is 6.03. The molecule has 23 heavy (non-hydrogen) atoms. The van der Waals surface area contributed by atoms with Crippen LogP contribution in [0.15, 0.2) is 41.7 Å². The van der Waals surface area contributed by atoms with Crippen molar-refractivity contribution >= 4 is 22.8 Å². The fourth-order valence-corrected chi connectivity index (χ4v) is 3.35. The van der Waals surface area contributed by atoms with Gasteiger partial charge < -0.3 is 9.72 Å². The highest BCUT2D eigenvalue weighted by Gasteiger charge is 2.21. The maximum Gasteiger partial charge on any atom is 0.166 e. The highest BCUT2D eigenvalue weighted by molar-refractivity contribution is 7.98. The zero-order valence-electron chi connectivity index (χ0n) is 13.1. The highest BCUT2D eigenvalue weighted by atomic mass is 32.2. The molecule has 2 heterocycles. The van der Waals surface area contributed by atoms with E-state index < -0.39 is 0 Å². The molecule has 118 valence electrons. The number of imidazole rings is 1. The molecule has 1 N–H and O–H groups in total. The van der Waals surface area contributed by atoms with Crippen LogP contribution in [-0.4, -0.2) is 21.6 Å². The molecule has 4 rings (SSSR count). The number of rotatable bonds is 6. The van der Waals surface area contributed by atoms with Crippen LogP contribution in [0.1, 0.15) is 24.1 Å². The molecule has 0 saturated heterocycles. The number of nitrogens with zero attached hydrogens (tertiary/aromatic N) is 2. The van der Waals surface area contributed by atoms with Crippen molar-refractivity contribution in [2.24, 2.45) is 5.92 Å². The monoisotopic (exact) mass is 325 g/mol. The first-order valence-corrected chi connectivity index (χ1v) is 8.92. The zero-order valence-corrected chi connectivity index (χ0v) is 13.9. The summed E-state index contributed by atoms with van der Waals surface area (Å²) in [6, 6.07) is 10.1. The third kappa shape index (κ3) is 3.50. The largest absolute Gasteiger partial charge is 0.493 e. The fourth-order valence-electron chi connectivity index (χ4n) is 2.43. The first-order valence-electron chi connectivity index (χ1n) is 7.94. The third-order valence-electron chi connectivity index (χ3n) is 4.08. The predicted molar refractivity (Wildman–Crippen MR) is 92.8 cm³/mol. The van der Waals surface area contributed by atoms with Gasteiger partial charge in [0, 0.05) is 18.0 Å². The van der Waals surface area contributed by atoms with Gasteiger partial charge in [-0.1, -0.05) is 17.8 Å². The molecule has 3 aromatic rings. The van der Waals surface area contributed by atoms with Crippen molar-refractivity contribution in [2.45, 2.75) is 30.7 Å². The average molecular weight is 325 g/mol. The van der Waals surface area contributed by atoms with E-state index in [0.29, 0.717) is 0 Å².